The fourth-order valence-electron chi connectivity index (χ4n) is 5.82. The Morgan fingerprint density at radius 3 is 2.46 bits per heavy atom. The minimum atomic E-state index is -0.158. The average Bonchev–Trinajstić information content (AvgIpc) is 3.48. The van der Waals surface area contributed by atoms with Crippen LogP contribution in [0.15, 0.2) is 59.6 Å². The van der Waals surface area contributed by atoms with Gasteiger partial charge in [-0.1, -0.05) is 45.9 Å². The highest BCUT2D eigenvalue weighted by Gasteiger charge is 2.27. The first-order chi connectivity index (χ1) is 24.2. The lowest BCUT2D eigenvalue weighted by Crippen LogP contribution is -2.38. The molecule has 3 aromatic rings. The van der Waals surface area contributed by atoms with Gasteiger partial charge in [-0.3, -0.25) is 9.79 Å². The first-order valence-electron chi connectivity index (χ1n) is 16.7. The van der Waals surface area contributed by atoms with E-state index in [9.17, 15) is 4.79 Å². The highest BCUT2D eigenvalue weighted by molar-refractivity contribution is 8.77. The van der Waals surface area contributed by atoms with Crippen molar-refractivity contribution in [1.82, 2.24) is 0 Å². The number of hydrogen-bond donors (Lipinski definition) is 0. The third-order valence-corrected chi connectivity index (χ3v) is 11.1. The van der Waals surface area contributed by atoms with Crippen molar-refractivity contribution in [3.63, 3.8) is 0 Å². The number of alkyl halides is 1. The van der Waals surface area contributed by atoms with Crippen LogP contribution in [0, 0.1) is 6.92 Å². The van der Waals surface area contributed by atoms with Gasteiger partial charge in [0.25, 0.3) is 0 Å². The number of fused-ring (bicyclic) bond motifs is 1. The van der Waals surface area contributed by atoms with Crippen molar-refractivity contribution in [2.75, 3.05) is 76.4 Å². The molecule has 0 aromatic heterocycles. The second kappa shape index (κ2) is 20.2. The Morgan fingerprint density at radius 1 is 1.00 bits per heavy atom. The Bertz CT molecular complexity index is 1560. The molecule has 0 fully saturated rings. The molecule has 12 heteroatoms. The molecule has 1 amide bonds. The first kappa shape index (κ1) is 39.8. The van der Waals surface area contributed by atoms with Crippen molar-refractivity contribution in [2.45, 2.75) is 50.5 Å². The molecule has 1 unspecified atom stereocenters. The van der Waals surface area contributed by atoms with Crippen molar-refractivity contribution in [3.8, 4) is 11.5 Å². The number of rotatable bonds is 22. The zero-order valence-corrected chi connectivity index (χ0v) is 32.4. The number of aliphatic imine (C=N–C) groups is 1. The van der Waals surface area contributed by atoms with Crippen molar-refractivity contribution in [2.24, 2.45) is 4.99 Å². The van der Waals surface area contributed by atoms with Crippen molar-refractivity contribution in [1.29, 1.82) is 0 Å². The van der Waals surface area contributed by atoms with Crippen molar-refractivity contribution in [3.05, 3.63) is 76.9 Å². The monoisotopic (exact) mass is 743 g/mol. The van der Waals surface area contributed by atoms with Crippen LogP contribution in [0.1, 0.15) is 36.1 Å². The smallest absolute Gasteiger partial charge is 0.214 e. The SMILES string of the molecule is COCCOCCOCCN(CC(C)(C)SSC)c1cc(CCl)cc(COc2cc(N=CC3Cc4ccccc4N3C=O)c(C)cc2OC)c1. The number of anilines is 2. The lowest BCUT2D eigenvalue weighted by molar-refractivity contribution is -0.107. The Labute approximate surface area is 310 Å². The van der Waals surface area contributed by atoms with Gasteiger partial charge in [0.15, 0.2) is 11.5 Å². The van der Waals surface area contributed by atoms with Gasteiger partial charge in [0.05, 0.1) is 51.9 Å². The molecule has 0 bridgehead atoms. The summed E-state index contributed by atoms with van der Waals surface area (Å²) in [6.07, 6.45) is 5.54. The van der Waals surface area contributed by atoms with E-state index in [2.05, 4.69) is 43.2 Å². The Hall–Kier alpha value is -2.93. The van der Waals surface area contributed by atoms with Crippen molar-refractivity contribution < 1.29 is 28.5 Å². The van der Waals surface area contributed by atoms with Gasteiger partial charge >= 0.3 is 0 Å². The maximum absolute atomic E-state index is 11.9. The molecule has 1 aliphatic heterocycles. The lowest BCUT2D eigenvalue weighted by atomic mass is 10.1. The molecule has 3 aromatic carbocycles. The fourth-order valence-corrected chi connectivity index (χ4v) is 8.15. The molecule has 50 heavy (non-hydrogen) atoms. The van der Waals surface area contributed by atoms with E-state index in [1.807, 2.05) is 60.3 Å². The van der Waals surface area contributed by atoms with E-state index in [1.165, 1.54) is 0 Å². The second-order valence-corrected chi connectivity index (χ2v) is 15.9. The minimum absolute atomic E-state index is 0.00741. The summed E-state index contributed by atoms with van der Waals surface area (Å²) in [6, 6.07) is 18.0. The van der Waals surface area contributed by atoms with Crippen LogP contribution in [-0.2, 0) is 37.9 Å². The zero-order valence-electron chi connectivity index (χ0n) is 30.0. The van der Waals surface area contributed by atoms with Gasteiger partial charge in [-0.15, -0.1) is 11.6 Å². The molecule has 0 aliphatic carbocycles. The molecule has 0 radical (unpaired) electrons. The van der Waals surface area contributed by atoms with E-state index < -0.39 is 0 Å². The average molecular weight is 744 g/mol. The molecule has 0 spiro atoms. The summed E-state index contributed by atoms with van der Waals surface area (Å²) in [5.41, 5.74) is 6.81. The number of ether oxygens (including phenoxy) is 5. The summed E-state index contributed by atoms with van der Waals surface area (Å²) in [5.74, 6) is 1.59. The van der Waals surface area contributed by atoms with E-state index in [0.717, 1.165) is 58.7 Å². The number of carbonyl (C=O) groups is 1. The second-order valence-electron chi connectivity index (χ2n) is 12.6. The van der Waals surface area contributed by atoms with Crippen LogP contribution in [0.4, 0.5) is 17.1 Å². The van der Waals surface area contributed by atoms with Gasteiger partial charge in [-0.05, 0) is 73.5 Å². The van der Waals surface area contributed by atoms with Gasteiger partial charge in [-0.25, -0.2) is 0 Å². The molecule has 272 valence electrons. The number of halogens is 1. The molecule has 1 aliphatic rings. The van der Waals surface area contributed by atoms with Crippen molar-refractivity contribution >= 4 is 62.9 Å². The molecular formula is C38H50ClN3O6S2. The molecule has 1 atom stereocenters. The number of benzene rings is 3. The van der Waals surface area contributed by atoms with Gasteiger partial charge in [0.2, 0.25) is 6.41 Å². The number of nitrogens with zero attached hydrogens (tertiary/aromatic N) is 3. The summed E-state index contributed by atoms with van der Waals surface area (Å²) in [5, 5.41) is 0. The third kappa shape index (κ3) is 11.5. The van der Waals surface area contributed by atoms with Crippen LogP contribution in [0.5, 0.6) is 11.5 Å². The van der Waals surface area contributed by atoms with Gasteiger partial charge in [0.1, 0.15) is 6.61 Å². The minimum Gasteiger partial charge on any atom is -0.493 e. The summed E-state index contributed by atoms with van der Waals surface area (Å²) in [7, 11) is 6.92. The number of aryl methyl sites for hydroxylation is 1. The summed E-state index contributed by atoms with van der Waals surface area (Å²) >= 11 is 6.42. The number of hydrogen-bond acceptors (Lipinski definition) is 10. The van der Waals surface area contributed by atoms with Gasteiger partial charge in [0, 0.05) is 60.9 Å². The molecule has 4 rings (SSSR count). The van der Waals surface area contributed by atoms with E-state index in [1.54, 1.807) is 29.9 Å². The number of carbonyl (C=O) groups excluding carboxylic acids is 1. The predicted molar refractivity (Wildman–Crippen MR) is 210 cm³/mol. The lowest BCUT2D eigenvalue weighted by Gasteiger charge is -2.34. The first-order valence-corrected chi connectivity index (χ1v) is 19.8. The highest BCUT2D eigenvalue weighted by atomic mass is 35.5. The molecule has 1 heterocycles. The summed E-state index contributed by atoms with van der Waals surface area (Å²) in [4.78, 5) is 20.9. The van der Waals surface area contributed by atoms with Crippen LogP contribution in [0.3, 0.4) is 0 Å². The summed E-state index contributed by atoms with van der Waals surface area (Å²) in [6.45, 7) is 11.1. The molecule has 0 saturated heterocycles. The van der Waals surface area contributed by atoms with Crippen LogP contribution >= 0.6 is 33.2 Å². The fraction of sp³-hybridized carbons (Fsp3) is 0.474. The summed E-state index contributed by atoms with van der Waals surface area (Å²) < 4.78 is 28.6. The zero-order chi connectivity index (χ0) is 35.9. The largest absolute Gasteiger partial charge is 0.493 e. The van der Waals surface area contributed by atoms with Gasteiger partial charge < -0.3 is 33.5 Å². The predicted octanol–water partition coefficient (Wildman–Crippen LogP) is 7.89. The van der Waals surface area contributed by atoms with E-state index in [-0.39, 0.29) is 10.8 Å². The molecule has 0 saturated carbocycles. The van der Waals surface area contributed by atoms with Gasteiger partial charge in [-0.2, -0.15) is 0 Å². The Balaban J connectivity index is 1.50. The number of amides is 1. The molecule has 9 nitrogen and oxygen atoms in total. The standard InChI is InChI=1S/C38H50ClN3O6S2/c1-28-17-36(45-5)37(22-34(28)40-24-33-21-31-9-7-8-10-35(31)42(33)27-43)48-25-30-18-29(23-39)19-32(20-30)41(26-38(2,3)50-49-6)11-12-46-15-16-47-14-13-44-4/h7-10,17-20,22,24,27,33H,11-16,21,23,25-26H2,1-6H3. The van der Waals surface area contributed by atoms with E-state index >= 15 is 0 Å². The Morgan fingerprint density at radius 2 is 1.74 bits per heavy atom. The number of para-hydroxylation sites is 1. The van der Waals surface area contributed by atoms with E-state index in [0.29, 0.717) is 63.6 Å². The Kier molecular flexibility index (Phi) is 16.1. The molecule has 0 N–H and O–H groups in total. The van der Waals surface area contributed by atoms with Crippen LogP contribution < -0.4 is 19.3 Å². The van der Waals surface area contributed by atoms with Crippen LogP contribution in [-0.4, -0.2) is 90.0 Å². The highest BCUT2D eigenvalue weighted by Crippen LogP contribution is 2.38. The maximum Gasteiger partial charge on any atom is 0.214 e. The topological polar surface area (TPSA) is 82.1 Å². The number of methoxy groups -OCH3 is 2. The third-order valence-electron chi connectivity index (χ3n) is 8.18. The quantitative estimate of drug-likeness (QED) is 0.0336. The normalized spacial score (nSPS) is 14.3. The van der Waals surface area contributed by atoms with E-state index in [4.69, 9.17) is 40.3 Å². The van der Waals surface area contributed by atoms with Crippen LogP contribution in [0.2, 0.25) is 0 Å². The van der Waals surface area contributed by atoms with Crippen LogP contribution in [0.25, 0.3) is 0 Å². The maximum atomic E-state index is 11.9. The molecular weight excluding hydrogens is 694 g/mol.